The summed E-state index contributed by atoms with van der Waals surface area (Å²) in [4.78, 5) is 0. The first-order valence-corrected chi connectivity index (χ1v) is 6.07. The smallest absolute Gasteiger partial charge is 0.0972 e. The second-order valence-corrected chi connectivity index (χ2v) is 5.31. The zero-order chi connectivity index (χ0) is 9.47. The van der Waals surface area contributed by atoms with Crippen LogP contribution in [0.4, 0.5) is 0 Å². The van der Waals surface area contributed by atoms with Crippen molar-refractivity contribution in [2.45, 2.75) is 58.5 Å². The van der Waals surface area contributed by atoms with E-state index < -0.39 is 0 Å². The standard InChI is InChI=1S/C12H24N/c1-4-5-10(2)12-7-9-13(12)8-6-11(13)3/h10-12H,4-9H2,1-3H3/q+1. The van der Waals surface area contributed by atoms with Gasteiger partial charge in [-0.1, -0.05) is 20.3 Å². The van der Waals surface area contributed by atoms with Gasteiger partial charge in [0, 0.05) is 18.8 Å². The van der Waals surface area contributed by atoms with Crippen LogP contribution in [-0.4, -0.2) is 29.7 Å². The van der Waals surface area contributed by atoms with Crippen molar-refractivity contribution in [1.29, 1.82) is 0 Å². The molecule has 0 aromatic heterocycles. The molecule has 2 aliphatic rings. The van der Waals surface area contributed by atoms with Gasteiger partial charge in [-0.3, -0.25) is 0 Å². The van der Waals surface area contributed by atoms with Crippen molar-refractivity contribution < 1.29 is 4.48 Å². The SMILES string of the molecule is CCCC(C)C1CC[N+]12CCC2C. The molecule has 0 bridgehead atoms. The molecule has 2 aliphatic heterocycles. The van der Waals surface area contributed by atoms with Crippen LogP contribution in [-0.2, 0) is 0 Å². The fraction of sp³-hybridized carbons (Fsp3) is 1.00. The van der Waals surface area contributed by atoms with Crippen molar-refractivity contribution in [3.8, 4) is 0 Å². The molecule has 13 heavy (non-hydrogen) atoms. The van der Waals surface area contributed by atoms with Gasteiger partial charge in [0.1, 0.15) is 0 Å². The van der Waals surface area contributed by atoms with E-state index in [0.717, 1.165) is 18.0 Å². The van der Waals surface area contributed by atoms with Crippen LogP contribution in [0.5, 0.6) is 0 Å². The zero-order valence-corrected chi connectivity index (χ0v) is 9.42. The van der Waals surface area contributed by atoms with Crippen LogP contribution in [0.3, 0.4) is 0 Å². The average Bonchev–Trinajstić information content (AvgIpc) is 2.00. The minimum absolute atomic E-state index is 0.974. The molecular formula is C12H24N+. The first-order chi connectivity index (χ1) is 6.20. The van der Waals surface area contributed by atoms with Crippen LogP contribution >= 0.6 is 0 Å². The summed E-state index contributed by atoms with van der Waals surface area (Å²) in [5.74, 6) is 0.974. The van der Waals surface area contributed by atoms with Crippen LogP contribution in [0, 0.1) is 5.92 Å². The van der Waals surface area contributed by atoms with Crippen molar-refractivity contribution in [2.24, 2.45) is 5.92 Å². The van der Waals surface area contributed by atoms with Gasteiger partial charge < -0.3 is 4.48 Å². The molecule has 0 aliphatic carbocycles. The fourth-order valence-electron chi connectivity index (χ4n) is 3.59. The molecule has 1 heteroatoms. The van der Waals surface area contributed by atoms with Crippen molar-refractivity contribution >= 4 is 0 Å². The molecule has 1 nitrogen and oxygen atoms in total. The lowest BCUT2D eigenvalue weighted by Crippen LogP contribution is -2.77. The van der Waals surface area contributed by atoms with E-state index in [-0.39, 0.29) is 0 Å². The van der Waals surface area contributed by atoms with Gasteiger partial charge in [0.15, 0.2) is 0 Å². The van der Waals surface area contributed by atoms with Crippen LogP contribution in [0.25, 0.3) is 0 Å². The molecule has 4 atom stereocenters. The van der Waals surface area contributed by atoms with Gasteiger partial charge >= 0.3 is 0 Å². The second-order valence-electron chi connectivity index (χ2n) is 5.31. The lowest BCUT2D eigenvalue weighted by atomic mass is 9.77. The predicted molar refractivity (Wildman–Crippen MR) is 56.6 cm³/mol. The van der Waals surface area contributed by atoms with E-state index in [1.807, 2.05) is 0 Å². The number of hydrogen-bond donors (Lipinski definition) is 0. The van der Waals surface area contributed by atoms with E-state index in [9.17, 15) is 0 Å². The third-order valence-electron chi connectivity index (χ3n) is 4.74. The number of hydrogen-bond acceptors (Lipinski definition) is 0. The Labute approximate surface area is 82.7 Å². The number of quaternary nitrogens is 1. The monoisotopic (exact) mass is 182 g/mol. The van der Waals surface area contributed by atoms with Gasteiger partial charge in [-0.2, -0.15) is 0 Å². The van der Waals surface area contributed by atoms with Crippen molar-refractivity contribution in [1.82, 2.24) is 0 Å². The molecule has 2 heterocycles. The Bertz CT molecular complexity index is 186. The molecule has 1 spiro atoms. The van der Waals surface area contributed by atoms with Gasteiger partial charge in [-0.05, 0) is 13.3 Å². The zero-order valence-electron chi connectivity index (χ0n) is 9.42. The quantitative estimate of drug-likeness (QED) is 0.589. The first kappa shape index (κ1) is 9.51. The highest BCUT2D eigenvalue weighted by molar-refractivity contribution is 4.83. The Morgan fingerprint density at radius 1 is 1.31 bits per heavy atom. The van der Waals surface area contributed by atoms with E-state index in [1.165, 1.54) is 43.3 Å². The molecule has 0 N–H and O–H groups in total. The second kappa shape index (κ2) is 3.27. The lowest BCUT2D eigenvalue weighted by Gasteiger charge is -2.64. The minimum Gasteiger partial charge on any atom is -0.318 e. The molecule has 2 saturated heterocycles. The Morgan fingerprint density at radius 2 is 2.00 bits per heavy atom. The largest absolute Gasteiger partial charge is 0.318 e. The molecular weight excluding hydrogens is 158 g/mol. The number of nitrogens with zero attached hydrogens (tertiary/aromatic N) is 1. The molecule has 0 saturated carbocycles. The Hall–Kier alpha value is -0.0400. The molecule has 4 unspecified atom stereocenters. The molecule has 76 valence electrons. The van der Waals surface area contributed by atoms with Crippen LogP contribution in [0.15, 0.2) is 0 Å². The minimum atomic E-state index is 0.974. The molecule has 0 aromatic rings. The van der Waals surface area contributed by atoms with E-state index in [2.05, 4.69) is 20.8 Å². The highest BCUT2D eigenvalue weighted by Crippen LogP contribution is 2.44. The normalized spacial score (nSPS) is 45.5. The Balaban J connectivity index is 1.94. The van der Waals surface area contributed by atoms with Crippen molar-refractivity contribution in [2.75, 3.05) is 13.1 Å². The van der Waals surface area contributed by atoms with Crippen LogP contribution in [0.1, 0.15) is 46.5 Å². The molecule has 0 aromatic carbocycles. The fourth-order valence-corrected chi connectivity index (χ4v) is 3.59. The molecule has 2 fully saturated rings. The summed E-state index contributed by atoms with van der Waals surface area (Å²) >= 11 is 0. The Morgan fingerprint density at radius 3 is 2.31 bits per heavy atom. The van der Waals surface area contributed by atoms with Gasteiger partial charge in [0.05, 0.1) is 25.2 Å². The van der Waals surface area contributed by atoms with Gasteiger partial charge in [-0.15, -0.1) is 0 Å². The van der Waals surface area contributed by atoms with E-state index in [1.54, 1.807) is 0 Å². The van der Waals surface area contributed by atoms with E-state index >= 15 is 0 Å². The first-order valence-electron chi connectivity index (χ1n) is 6.07. The summed E-state index contributed by atoms with van der Waals surface area (Å²) in [5, 5.41) is 0. The third kappa shape index (κ3) is 1.24. The van der Waals surface area contributed by atoms with Gasteiger partial charge in [-0.25, -0.2) is 0 Å². The van der Waals surface area contributed by atoms with Gasteiger partial charge in [0.25, 0.3) is 0 Å². The Kier molecular flexibility index (Phi) is 2.39. The van der Waals surface area contributed by atoms with Crippen LogP contribution in [0.2, 0.25) is 0 Å². The molecule has 0 radical (unpaired) electrons. The summed E-state index contributed by atoms with van der Waals surface area (Å²) in [6.07, 6.45) is 5.80. The maximum absolute atomic E-state index is 2.47. The molecule has 2 rings (SSSR count). The van der Waals surface area contributed by atoms with E-state index in [0.29, 0.717) is 0 Å². The number of rotatable bonds is 3. The van der Waals surface area contributed by atoms with E-state index in [4.69, 9.17) is 0 Å². The topological polar surface area (TPSA) is 0 Å². The summed E-state index contributed by atoms with van der Waals surface area (Å²) in [5.41, 5.74) is 0. The maximum atomic E-state index is 2.47. The van der Waals surface area contributed by atoms with Gasteiger partial charge in [0.2, 0.25) is 0 Å². The third-order valence-corrected chi connectivity index (χ3v) is 4.74. The average molecular weight is 182 g/mol. The molecule has 0 amide bonds. The lowest BCUT2D eigenvalue weighted by molar-refractivity contribution is -1.05. The summed E-state index contributed by atoms with van der Waals surface area (Å²) in [6.45, 7) is 10.2. The maximum Gasteiger partial charge on any atom is 0.0972 e. The highest BCUT2D eigenvalue weighted by atomic mass is 15.5. The summed E-state index contributed by atoms with van der Waals surface area (Å²) < 4.78 is 1.50. The van der Waals surface area contributed by atoms with Crippen LogP contribution < -0.4 is 0 Å². The van der Waals surface area contributed by atoms with Crippen molar-refractivity contribution in [3.63, 3.8) is 0 Å². The summed E-state index contributed by atoms with van der Waals surface area (Å²) in [6, 6.07) is 2.02. The highest BCUT2D eigenvalue weighted by Gasteiger charge is 2.56. The summed E-state index contributed by atoms with van der Waals surface area (Å²) in [7, 11) is 0. The predicted octanol–water partition coefficient (Wildman–Crippen LogP) is 2.80. The van der Waals surface area contributed by atoms with Crippen molar-refractivity contribution in [3.05, 3.63) is 0 Å².